The minimum atomic E-state index is -3.54. The molecular weight excluding hydrogens is 344 g/mol. The van der Waals surface area contributed by atoms with Crippen LogP contribution in [0, 0.1) is 0 Å². The molecule has 134 valence electrons. The van der Waals surface area contributed by atoms with Crippen LogP contribution in [0.5, 0.6) is 0 Å². The highest BCUT2D eigenvalue weighted by molar-refractivity contribution is 7.89. The van der Waals surface area contributed by atoms with Gasteiger partial charge in [-0.2, -0.15) is 0 Å². The molecule has 0 bridgehead atoms. The second kappa shape index (κ2) is 7.09. The average molecular weight is 366 g/mol. The predicted molar refractivity (Wildman–Crippen MR) is 106 cm³/mol. The zero-order chi connectivity index (χ0) is 18.0. The summed E-state index contributed by atoms with van der Waals surface area (Å²) in [5.74, 6) is 0. The Morgan fingerprint density at radius 3 is 2.27 bits per heavy atom. The monoisotopic (exact) mass is 366 g/mol. The smallest absolute Gasteiger partial charge is 0.240 e. The van der Waals surface area contributed by atoms with Gasteiger partial charge in [0.2, 0.25) is 10.0 Å². The van der Waals surface area contributed by atoms with E-state index >= 15 is 0 Å². The van der Waals surface area contributed by atoms with Crippen LogP contribution >= 0.6 is 0 Å². The van der Waals surface area contributed by atoms with E-state index in [1.807, 2.05) is 42.5 Å². The Balaban J connectivity index is 1.47. The van der Waals surface area contributed by atoms with Crippen molar-refractivity contribution >= 4 is 26.5 Å². The second-order valence-electron chi connectivity index (χ2n) is 6.69. The number of rotatable bonds is 5. The summed E-state index contributed by atoms with van der Waals surface area (Å²) in [7, 11) is -3.54. The first kappa shape index (κ1) is 17.1. The summed E-state index contributed by atoms with van der Waals surface area (Å²) in [6.45, 7) is 2.50. The Bertz CT molecular complexity index is 1010. The number of fused-ring (bicyclic) bond motifs is 1. The van der Waals surface area contributed by atoms with E-state index in [1.165, 1.54) is 18.5 Å². The van der Waals surface area contributed by atoms with Gasteiger partial charge >= 0.3 is 0 Å². The first-order chi connectivity index (χ1) is 12.6. The number of benzene rings is 3. The first-order valence-electron chi connectivity index (χ1n) is 8.94. The normalized spacial score (nSPS) is 14.8. The highest BCUT2D eigenvalue weighted by Crippen LogP contribution is 2.21. The Morgan fingerprint density at radius 1 is 0.846 bits per heavy atom. The van der Waals surface area contributed by atoms with Crippen molar-refractivity contribution in [1.82, 2.24) is 4.72 Å². The van der Waals surface area contributed by atoms with Gasteiger partial charge in [0.25, 0.3) is 0 Å². The van der Waals surface area contributed by atoms with Gasteiger partial charge in [-0.3, -0.25) is 0 Å². The van der Waals surface area contributed by atoms with Crippen molar-refractivity contribution in [2.24, 2.45) is 0 Å². The minimum absolute atomic E-state index is 0.287. The maximum atomic E-state index is 12.6. The van der Waals surface area contributed by atoms with Crippen LogP contribution in [0.1, 0.15) is 18.4 Å². The van der Waals surface area contributed by atoms with Gasteiger partial charge in [0.05, 0.1) is 4.90 Å². The van der Waals surface area contributed by atoms with Gasteiger partial charge in [0.15, 0.2) is 0 Å². The largest absolute Gasteiger partial charge is 0.372 e. The first-order valence-corrected chi connectivity index (χ1v) is 10.4. The van der Waals surface area contributed by atoms with Crippen LogP contribution < -0.4 is 9.62 Å². The third kappa shape index (κ3) is 3.59. The van der Waals surface area contributed by atoms with E-state index < -0.39 is 10.0 Å². The van der Waals surface area contributed by atoms with E-state index in [0.29, 0.717) is 4.90 Å². The highest BCUT2D eigenvalue weighted by Gasteiger charge is 2.15. The van der Waals surface area contributed by atoms with Crippen LogP contribution in [0.25, 0.3) is 10.8 Å². The van der Waals surface area contributed by atoms with Crippen molar-refractivity contribution < 1.29 is 8.42 Å². The Labute approximate surface area is 154 Å². The van der Waals surface area contributed by atoms with Crippen LogP contribution in [0.15, 0.2) is 71.6 Å². The zero-order valence-corrected chi connectivity index (χ0v) is 15.4. The fraction of sp³-hybridized carbons (Fsp3) is 0.238. The van der Waals surface area contributed by atoms with Gasteiger partial charge in [-0.15, -0.1) is 0 Å². The van der Waals surface area contributed by atoms with E-state index in [-0.39, 0.29) is 6.54 Å². The lowest BCUT2D eigenvalue weighted by Crippen LogP contribution is -2.23. The summed E-state index contributed by atoms with van der Waals surface area (Å²) in [6.07, 6.45) is 2.49. The third-order valence-corrected chi connectivity index (χ3v) is 6.30. The molecule has 1 aliphatic heterocycles. The Kier molecular flexibility index (Phi) is 4.66. The lowest BCUT2D eigenvalue weighted by Gasteiger charge is -2.17. The average Bonchev–Trinajstić information content (AvgIpc) is 3.21. The van der Waals surface area contributed by atoms with E-state index in [0.717, 1.165) is 29.4 Å². The van der Waals surface area contributed by atoms with E-state index in [9.17, 15) is 8.42 Å². The molecule has 3 aromatic rings. The van der Waals surface area contributed by atoms with Gasteiger partial charge in [0.1, 0.15) is 0 Å². The van der Waals surface area contributed by atoms with Crippen LogP contribution in [0.4, 0.5) is 5.69 Å². The molecule has 0 aromatic heterocycles. The van der Waals surface area contributed by atoms with Crippen molar-refractivity contribution in [3.63, 3.8) is 0 Å². The Morgan fingerprint density at radius 2 is 1.54 bits per heavy atom. The molecule has 0 atom stereocenters. The van der Waals surface area contributed by atoms with Crippen LogP contribution in [0.3, 0.4) is 0 Å². The zero-order valence-electron chi connectivity index (χ0n) is 14.6. The van der Waals surface area contributed by atoms with Gasteiger partial charge in [-0.25, -0.2) is 13.1 Å². The lowest BCUT2D eigenvalue weighted by atomic mass is 10.1. The SMILES string of the molecule is O=S(=O)(NCc1ccc(N2CCCC2)cc1)c1ccc2ccccc2c1. The molecule has 26 heavy (non-hydrogen) atoms. The summed E-state index contributed by atoms with van der Waals surface area (Å²) >= 11 is 0. The number of hydrogen-bond donors (Lipinski definition) is 1. The second-order valence-corrected chi connectivity index (χ2v) is 8.46. The van der Waals surface area contributed by atoms with Gasteiger partial charge in [-0.05, 0) is 53.4 Å². The number of anilines is 1. The van der Waals surface area contributed by atoms with Crippen molar-refractivity contribution in [2.75, 3.05) is 18.0 Å². The molecule has 0 amide bonds. The molecule has 1 N–H and O–H groups in total. The number of nitrogens with zero attached hydrogens (tertiary/aromatic N) is 1. The van der Waals surface area contributed by atoms with E-state index in [2.05, 4.69) is 21.8 Å². The van der Waals surface area contributed by atoms with Crippen molar-refractivity contribution in [3.8, 4) is 0 Å². The van der Waals surface area contributed by atoms with Gasteiger partial charge in [0, 0.05) is 25.3 Å². The summed E-state index contributed by atoms with van der Waals surface area (Å²) in [6, 6.07) is 21.1. The molecule has 4 nitrogen and oxygen atoms in total. The lowest BCUT2D eigenvalue weighted by molar-refractivity contribution is 0.581. The van der Waals surface area contributed by atoms with Gasteiger partial charge in [-0.1, -0.05) is 42.5 Å². The third-order valence-electron chi connectivity index (χ3n) is 4.91. The van der Waals surface area contributed by atoms with Crippen molar-refractivity contribution in [3.05, 3.63) is 72.3 Å². The summed E-state index contributed by atoms with van der Waals surface area (Å²) in [5.41, 5.74) is 2.17. The molecule has 1 heterocycles. The summed E-state index contributed by atoms with van der Waals surface area (Å²) in [4.78, 5) is 2.66. The molecule has 0 unspecified atom stereocenters. The molecule has 1 fully saturated rings. The van der Waals surface area contributed by atoms with Crippen molar-refractivity contribution in [1.29, 1.82) is 0 Å². The highest BCUT2D eigenvalue weighted by atomic mass is 32.2. The molecule has 4 rings (SSSR count). The molecule has 1 saturated heterocycles. The molecule has 1 aliphatic rings. The topological polar surface area (TPSA) is 49.4 Å². The van der Waals surface area contributed by atoms with E-state index in [4.69, 9.17) is 0 Å². The predicted octanol–water partition coefficient (Wildman–Crippen LogP) is 3.92. The van der Waals surface area contributed by atoms with Crippen LogP contribution in [-0.4, -0.2) is 21.5 Å². The molecule has 0 radical (unpaired) electrons. The summed E-state index contributed by atoms with van der Waals surface area (Å²) in [5, 5.41) is 1.95. The molecule has 5 heteroatoms. The molecule has 0 aliphatic carbocycles. The quantitative estimate of drug-likeness (QED) is 0.745. The number of hydrogen-bond acceptors (Lipinski definition) is 3. The van der Waals surface area contributed by atoms with Gasteiger partial charge < -0.3 is 4.90 Å². The molecule has 0 saturated carbocycles. The maximum absolute atomic E-state index is 12.6. The minimum Gasteiger partial charge on any atom is -0.372 e. The Hall–Kier alpha value is -2.37. The molecule has 0 spiro atoms. The van der Waals surface area contributed by atoms with Crippen LogP contribution in [-0.2, 0) is 16.6 Å². The standard InChI is InChI=1S/C21H22N2O2S/c24-26(25,21-12-9-18-5-1-2-6-19(18)15-21)22-16-17-7-10-20(11-8-17)23-13-3-4-14-23/h1-2,5-12,15,22H,3-4,13-14,16H2. The molecular formula is C21H22N2O2S. The number of sulfonamides is 1. The van der Waals surface area contributed by atoms with E-state index in [1.54, 1.807) is 12.1 Å². The molecule has 3 aromatic carbocycles. The maximum Gasteiger partial charge on any atom is 0.240 e. The fourth-order valence-corrected chi connectivity index (χ4v) is 4.45. The summed E-state index contributed by atoms with van der Waals surface area (Å²) < 4.78 is 27.9. The fourth-order valence-electron chi connectivity index (χ4n) is 3.40. The van der Waals surface area contributed by atoms with Crippen molar-refractivity contribution in [2.45, 2.75) is 24.3 Å². The number of nitrogens with one attached hydrogen (secondary N) is 1. The van der Waals surface area contributed by atoms with Crippen LogP contribution in [0.2, 0.25) is 0 Å².